The summed E-state index contributed by atoms with van der Waals surface area (Å²) in [4.78, 5) is 0. The third-order valence-corrected chi connectivity index (χ3v) is 4.40. The van der Waals surface area contributed by atoms with Crippen LogP contribution in [0, 0.1) is 5.92 Å². The number of rotatable bonds is 4. The van der Waals surface area contributed by atoms with E-state index in [2.05, 4.69) is 47.8 Å². The first-order valence-corrected chi connectivity index (χ1v) is 7.38. The second kappa shape index (κ2) is 5.77. The van der Waals surface area contributed by atoms with Gasteiger partial charge in [0.25, 0.3) is 0 Å². The second-order valence-corrected chi connectivity index (χ2v) is 5.49. The number of nitrogens with one attached hydrogen (secondary N) is 1. The van der Waals surface area contributed by atoms with Crippen molar-refractivity contribution in [2.24, 2.45) is 11.8 Å². The van der Waals surface area contributed by atoms with E-state index in [-0.39, 0.29) is 6.04 Å². The highest BCUT2D eigenvalue weighted by Crippen LogP contribution is 2.33. The molecule has 2 unspecified atom stereocenters. The van der Waals surface area contributed by atoms with E-state index in [1.54, 1.807) is 0 Å². The van der Waals surface area contributed by atoms with Crippen molar-refractivity contribution in [1.29, 1.82) is 0 Å². The van der Waals surface area contributed by atoms with Gasteiger partial charge in [-0.2, -0.15) is 5.10 Å². The Bertz CT molecular complexity index is 575. The first kappa shape index (κ1) is 13.3. The minimum absolute atomic E-state index is 0.172. The molecule has 1 aliphatic rings. The lowest BCUT2D eigenvalue weighted by atomic mass is 9.79. The average molecular weight is 270 g/mol. The van der Waals surface area contributed by atoms with Gasteiger partial charge < -0.3 is 0 Å². The lowest BCUT2D eigenvalue weighted by Crippen LogP contribution is -2.37. The molecule has 4 nitrogen and oxygen atoms in total. The lowest BCUT2D eigenvalue weighted by molar-refractivity contribution is 0.313. The molecule has 2 atom stereocenters. The Balaban J connectivity index is 1.85. The number of benzene rings is 1. The number of hydrazine groups is 1. The van der Waals surface area contributed by atoms with Crippen LogP contribution in [0.25, 0.3) is 0 Å². The molecule has 0 spiro atoms. The van der Waals surface area contributed by atoms with Crippen LogP contribution in [-0.2, 0) is 19.4 Å². The van der Waals surface area contributed by atoms with Crippen molar-refractivity contribution in [3.05, 3.63) is 53.3 Å². The van der Waals surface area contributed by atoms with Crippen molar-refractivity contribution in [1.82, 2.24) is 15.2 Å². The summed E-state index contributed by atoms with van der Waals surface area (Å²) in [7, 11) is 0. The van der Waals surface area contributed by atoms with Gasteiger partial charge in [-0.25, -0.2) is 0 Å². The number of aryl methyl sites for hydroxylation is 2. The maximum absolute atomic E-state index is 5.85. The third-order valence-electron chi connectivity index (χ3n) is 4.40. The van der Waals surface area contributed by atoms with Crippen LogP contribution in [-0.4, -0.2) is 9.78 Å². The predicted molar refractivity (Wildman–Crippen MR) is 79.9 cm³/mol. The summed E-state index contributed by atoms with van der Waals surface area (Å²) in [5.41, 5.74) is 7.17. The Morgan fingerprint density at radius 1 is 1.35 bits per heavy atom. The number of fused-ring (bicyclic) bond motifs is 1. The molecule has 2 aromatic rings. The standard InChI is InChI=1S/C16H22N4/c1-2-20-15(9-10-18-20)16(19-17)14-8-7-12-5-3-4-6-13(12)11-14/h3-6,9-10,14,16,19H,2,7-8,11,17H2,1H3. The fourth-order valence-corrected chi connectivity index (χ4v) is 3.34. The molecule has 0 bridgehead atoms. The molecule has 0 radical (unpaired) electrons. The zero-order valence-electron chi connectivity index (χ0n) is 11.9. The van der Waals surface area contributed by atoms with Crippen LogP contribution in [0.1, 0.15) is 36.2 Å². The maximum Gasteiger partial charge on any atom is 0.0660 e. The Morgan fingerprint density at radius 2 is 2.15 bits per heavy atom. The van der Waals surface area contributed by atoms with Crippen molar-refractivity contribution in [2.75, 3.05) is 0 Å². The van der Waals surface area contributed by atoms with Gasteiger partial charge in [-0.3, -0.25) is 16.0 Å². The first-order chi connectivity index (χ1) is 9.83. The van der Waals surface area contributed by atoms with E-state index < -0.39 is 0 Å². The molecule has 3 rings (SSSR count). The molecule has 0 aliphatic heterocycles. The Morgan fingerprint density at radius 3 is 2.90 bits per heavy atom. The summed E-state index contributed by atoms with van der Waals surface area (Å²) in [6.45, 7) is 2.99. The molecule has 0 saturated carbocycles. The van der Waals surface area contributed by atoms with Gasteiger partial charge in [0.2, 0.25) is 0 Å². The van der Waals surface area contributed by atoms with Crippen molar-refractivity contribution >= 4 is 0 Å². The number of nitrogens with zero attached hydrogens (tertiary/aromatic N) is 2. The summed E-state index contributed by atoms with van der Waals surface area (Å²) in [5, 5.41) is 4.36. The normalized spacial score (nSPS) is 19.6. The molecule has 4 heteroatoms. The highest BCUT2D eigenvalue weighted by Gasteiger charge is 2.28. The molecular weight excluding hydrogens is 248 g/mol. The van der Waals surface area contributed by atoms with E-state index in [0.717, 1.165) is 19.4 Å². The largest absolute Gasteiger partial charge is 0.271 e. The van der Waals surface area contributed by atoms with Gasteiger partial charge in [-0.15, -0.1) is 0 Å². The summed E-state index contributed by atoms with van der Waals surface area (Å²) in [5.74, 6) is 6.37. The van der Waals surface area contributed by atoms with Gasteiger partial charge in [0.1, 0.15) is 0 Å². The minimum atomic E-state index is 0.172. The fraction of sp³-hybridized carbons (Fsp3) is 0.438. The van der Waals surface area contributed by atoms with Crippen LogP contribution in [0.15, 0.2) is 36.5 Å². The molecule has 1 aromatic carbocycles. The average Bonchev–Trinajstić information content (AvgIpc) is 2.96. The van der Waals surface area contributed by atoms with Crippen molar-refractivity contribution in [2.45, 2.75) is 38.8 Å². The van der Waals surface area contributed by atoms with Gasteiger partial charge in [0, 0.05) is 12.7 Å². The van der Waals surface area contributed by atoms with Crippen LogP contribution in [0.3, 0.4) is 0 Å². The zero-order valence-corrected chi connectivity index (χ0v) is 11.9. The number of nitrogens with two attached hydrogens (primary N) is 1. The molecule has 20 heavy (non-hydrogen) atoms. The number of hydrogen-bond acceptors (Lipinski definition) is 3. The van der Waals surface area contributed by atoms with Crippen LogP contribution >= 0.6 is 0 Å². The molecule has 0 saturated heterocycles. The maximum atomic E-state index is 5.85. The highest BCUT2D eigenvalue weighted by molar-refractivity contribution is 5.30. The van der Waals surface area contributed by atoms with Gasteiger partial charge in [-0.1, -0.05) is 24.3 Å². The molecule has 1 aliphatic carbocycles. The minimum Gasteiger partial charge on any atom is -0.271 e. The Kier molecular flexibility index (Phi) is 3.85. The predicted octanol–water partition coefficient (Wildman–Crippen LogP) is 2.21. The van der Waals surface area contributed by atoms with E-state index in [9.17, 15) is 0 Å². The molecule has 0 amide bonds. The van der Waals surface area contributed by atoms with Gasteiger partial charge in [0.15, 0.2) is 0 Å². The van der Waals surface area contributed by atoms with Crippen LogP contribution in [0.5, 0.6) is 0 Å². The van der Waals surface area contributed by atoms with Crippen molar-refractivity contribution < 1.29 is 0 Å². The first-order valence-electron chi connectivity index (χ1n) is 7.38. The highest BCUT2D eigenvalue weighted by atomic mass is 15.3. The SMILES string of the molecule is CCn1nccc1C(NN)C1CCc2ccccc2C1. The second-order valence-electron chi connectivity index (χ2n) is 5.49. The molecule has 0 fully saturated rings. The quantitative estimate of drug-likeness (QED) is 0.661. The Hall–Kier alpha value is -1.65. The summed E-state index contributed by atoms with van der Waals surface area (Å²) < 4.78 is 2.03. The lowest BCUT2D eigenvalue weighted by Gasteiger charge is -2.31. The monoisotopic (exact) mass is 270 g/mol. The van der Waals surface area contributed by atoms with Gasteiger partial charge in [0.05, 0.1) is 11.7 Å². The van der Waals surface area contributed by atoms with E-state index in [1.807, 2.05) is 10.9 Å². The summed E-state index contributed by atoms with van der Waals surface area (Å²) in [6, 6.07) is 11.0. The number of aromatic nitrogens is 2. The van der Waals surface area contributed by atoms with Crippen LogP contribution < -0.4 is 11.3 Å². The van der Waals surface area contributed by atoms with Gasteiger partial charge >= 0.3 is 0 Å². The topological polar surface area (TPSA) is 55.9 Å². The molecule has 3 N–H and O–H groups in total. The van der Waals surface area contributed by atoms with E-state index >= 15 is 0 Å². The molecule has 106 valence electrons. The fourth-order valence-electron chi connectivity index (χ4n) is 3.34. The van der Waals surface area contributed by atoms with Crippen molar-refractivity contribution in [3.63, 3.8) is 0 Å². The van der Waals surface area contributed by atoms with E-state index in [4.69, 9.17) is 5.84 Å². The zero-order chi connectivity index (χ0) is 13.9. The smallest absolute Gasteiger partial charge is 0.0660 e. The van der Waals surface area contributed by atoms with Crippen molar-refractivity contribution in [3.8, 4) is 0 Å². The number of hydrogen-bond donors (Lipinski definition) is 2. The van der Waals surface area contributed by atoms with Gasteiger partial charge in [-0.05, 0) is 49.3 Å². The summed E-state index contributed by atoms with van der Waals surface area (Å²) in [6.07, 6.45) is 5.25. The van der Waals surface area contributed by atoms with Crippen LogP contribution in [0.4, 0.5) is 0 Å². The summed E-state index contributed by atoms with van der Waals surface area (Å²) >= 11 is 0. The molecule has 1 aromatic heterocycles. The van der Waals surface area contributed by atoms with E-state index in [1.165, 1.54) is 23.2 Å². The van der Waals surface area contributed by atoms with E-state index in [0.29, 0.717) is 5.92 Å². The Labute approximate surface area is 120 Å². The molecule has 1 heterocycles. The third kappa shape index (κ3) is 2.37. The molecular formula is C16H22N4. The van der Waals surface area contributed by atoms with Crippen LogP contribution in [0.2, 0.25) is 0 Å².